The molecule has 0 spiro atoms. The molecule has 2 aromatic carbocycles. The number of furan rings is 1. The maximum absolute atomic E-state index is 13.0. The van der Waals surface area contributed by atoms with Gasteiger partial charge in [0.1, 0.15) is 12.3 Å². The number of hydrogen-bond donors (Lipinski definition) is 0. The molecule has 0 unspecified atom stereocenters. The van der Waals surface area contributed by atoms with E-state index in [9.17, 15) is 26.4 Å². The van der Waals surface area contributed by atoms with E-state index in [-0.39, 0.29) is 28.5 Å². The zero-order valence-electron chi connectivity index (χ0n) is 17.3. The number of hydrogen-bond acceptors (Lipinski definition) is 4. The number of alkyl halides is 3. The number of benzene rings is 2. The van der Waals surface area contributed by atoms with Gasteiger partial charge in [0.2, 0.25) is 0 Å². The largest absolute Gasteiger partial charge is 0.467 e. The van der Waals surface area contributed by atoms with E-state index in [4.69, 9.17) is 4.42 Å². The fraction of sp³-hybridized carbons (Fsp3) is 0.227. The van der Waals surface area contributed by atoms with Crippen molar-refractivity contribution in [3.05, 3.63) is 83.8 Å². The van der Waals surface area contributed by atoms with Crippen LogP contribution in [0.4, 0.5) is 18.9 Å². The lowest BCUT2D eigenvalue weighted by Crippen LogP contribution is -2.38. The van der Waals surface area contributed by atoms with E-state index in [1.54, 1.807) is 12.1 Å². The Kier molecular flexibility index (Phi) is 6.63. The second-order valence-corrected chi connectivity index (χ2v) is 9.16. The highest BCUT2D eigenvalue weighted by molar-refractivity contribution is 7.92. The maximum Gasteiger partial charge on any atom is 0.406 e. The normalized spacial score (nSPS) is 11.9. The SMILES string of the molecule is Cc1ccc(S(=O)(=O)N(C)c2ccc(C(=O)N(Cc3ccco3)CC(F)(F)F)cc2)cc1. The van der Waals surface area contributed by atoms with Crippen LogP contribution < -0.4 is 4.31 Å². The maximum atomic E-state index is 13.0. The van der Waals surface area contributed by atoms with Gasteiger partial charge >= 0.3 is 6.18 Å². The molecule has 0 atom stereocenters. The lowest BCUT2D eigenvalue weighted by molar-refractivity contribution is -0.142. The topological polar surface area (TPSA) is 70.8 Å². The molecule has 32 heavy (non-hydrogen) atoms. The van der Waals surface area contributed by atoms with E-state index in [2.05, 4.69) is 0 Å². The molecule has 0 aliphatic heterocycles. The molecule has 0 aliphatic rings. The minimum Gasteiger partial charge on any atom is -0.467 e. The number of halogens is 3. The number of amides is 1. The highest BCUT2D eigenvalue weighted by atomic mass is 32.2. The van der Waals surface area contributed by atoms with E-state index >= 15 is 0 Å². The van der Waals surface area contributed by atoms with Gasteiger partial charge < -0.3 is 9.32 Å². The molecule has 0 fully saturated rings. The van der Waals surface area contributed by atoms with Gasteiger partial charge in [-0.2, -0.15) is 13.2 Å². The highest BCUT2D eigenvalue weighted by Gasteiger charge is 2.34. The molecule has 170 valence electrons. The average molecular weight is 466 g/mol. The first-order valence-corrected chi connectivity index (χ1v) is 11.0. The standard InChI is InChI=1S/C22H21F3N2O4S/c1-16-5-11-20(12-6-16)32(29,30)26(2)18-9-7-17(8-10-18)21(28)27(15-22(23,24)25)14-19-4-3-13-31-19/h3-13H,14-15H2,1-2H3. The summed E-state index contributed by atoms with van der Waals surface area (Å²) in [6, 6.07) is 14.7. The average Bonchev–Trinajstić information content (AvgIpc) is 3.25. The molecule has 0 saturated carbocycles. The molecular formula is C22H21F3N2O4S. The third-order valence-electron chi connectivity index (χ3n) is 4.74. The zero-order chi connectivity index (χ0) is 23.5. The van der Waals surface area contributed by atoms with Crippen LogP contribution in [0.2, 0.25) is 0 Å². The van der Waals surface area contributed by atoms with Crippen LogP contribution in [0.1, 0.15) is 21.7 Å². The van der Waals surface area contributed by atoms with Gasteiger partial charge in [0.15, 0.2) is 0 Å². The van der Waals surface area contributed by atoms with Crippen LogP contribution in [0.5, 0.6) is 0 Å². The van der Waals surface area contributed by atoms with E-state index in [0.29, 0.717) is 4.90 Å². The predicted octanol–water partition coefficient (Wildman–Crippen LogP) is 4.62. The molecule has 3 rings (SSSR count). The van der Waals surface area contributed by atoms with Gasteiger partial charge in [-0.05, 0) is 55.5 Å². The molecule has 3 aromatic rings. The number of aryl methyl sites for hydroxylation is 1. The molecule has 1 heterocycles. The van der Waals surface area contributed by atoms with Crippen molar-refractivity contribution in [1.82, 2.24) is 4.90 Å². The summed E-state index contributed by atoms with van der Waals surface area (Å²) in [5, 5.41) is 0. The van der Waals surface area contributed by atoms with Crippen LogP contribution >= 0.6 is 0 Å². The Bertz CT molecular complexity index is 1160. The molecular weight excluding hydrogens is 445 g/mol. The first kappa shape index (κ1) is 23.4. The van der Waals surface area contributed by atoms with E-state index in [0.717, 1.165) is 9.87 Å². The monoisotopic (exact) mass is 466 g/mol. The molecule has 6 nitrogen and oxygen atoms in total. The molecule has 0 bridgehead atoms. The highest BCUT2D eigenvalue weighted by Crippen LogP contribution is 2.24. The van der Waals surface area contributed by atoms with Gasteiger partial charge in [-0.1, -0.05) is 17.7 Å². The number of anilines is 1. The summed E-state index contributed by atoms with van der Waals surface area (Å²) in [4.78, 5) is 13.5. The summed E-state index contributed by atoms with van der Waals surface area (Å²) in [6.07, 6.45) is -3.28. The Labute approximate surface area is 183 Å². The zero-order valence-corrected chi connectivity index (χ0v) is 18.2. The third kappa shape index (κ3) is 5.50. The van der Waals surface area contributed by atoms with Crippen LogP contribution in [-0.2, 0) is 16.6 Å². The number of carbonyl (C=O) groups is 1. The number of rotatable bonds is 7. The van der Waals surface area contributed by atoms with Gasteiger partial charge in [-0.15, -0.1) is 0 Å². The molecule has 1 amide bonds. The fourth-order valence-electron chi connectivity index (χ4n) is 3.01. The first-order chi connectivity index (χ1) is 15.0. The van der Waals surface area contributed by atoms with Gasteiger partial charge in [0.05, 0.1) is 23.4 Å². The van der Waals surface area contributed by atoms with Gasteiger partial charge in [0.25, 0.3) is 15.9 Å². The van der Waals surface area contributed by atoms with E-state index in [1.165, 1.54) is 61.8 Å². The molecule has 0 N–H and O–H groups in total. The minimum absolute atomic E-state index is 0.00862. The summed E-state index contributed by atoms with van der Waals surface area (Å²) in [7, 11) is -2.48. The van der Waals surface area contributed by atoms with Crippen LogP contribution in [0.3, 0.4) is 0 Å². The third-order valence-corrected chi connectivity index (χ3v) is 6.54. The van der Waals surface area contributed by atoms with Crippen molar-refractivity contribution < 1.29 is 30.8 Å². The van der Waals surface area contributed by atoms with Gasteiger partial charge in [-0.25, -0.2) is 8.42 Å². The second kappa shape index (κ2) is 9.07. The first-order valence-electron chi connectivity index (χ1n) is 9.51. The number of sulfonamides is 1. The van der Waals surface area contributed by atoms with Crippen molar-refractivity contribution in [3.63, 3.8) is 0 Å². The van der Waals surface area contributed by atoms with Crippen molar-refractivity contribution in [1.29, 1.82) is 0 Å². The lowest BCUT2D eigenvalue weighted by Gasteiger charge is -2.24. The van der Waals surface area contributed by atoms with Crippen molar-refractivity contribution >= 4 is 21.6 Å². The quantitative estimate of drug-likeness (QED) is 0.510. The summed E-state index contributed by atoms with van der Waals surface area (Å²) in [5.74, 6) is -0.641. The minimum atomic E-state index is -4.59. The van der Waals surface area contributed by atoms with Crippen LogP contribution in [0.25, 0.3) is 0 Å². The molecule has 0 saturated heterocycles. The Morgan fingerprint density at radius 2 is 1.62 bits per heavy atom. The van der Waals surface area contributed by atoms with Gasteiger partial charge in [-0.3, -0.25) is 9.10 Å². The van der Waals surface area contributed by atoms with Crippen molar-refractivity contribution in [3.8, 4) is 0 Å². The van der Waals surface area contributed by atoms with Crippen LogP contribution in [0, 0.1) is 6.92 Å². The molecule has 0 radical (unpaired) electrons. The van der Waals surface area contributed by atoms with E-state index < -0.39 is 28.7 Å². The van der Waals surface area contributed by atoms with Gasteiger partial charge in [0, 0.05) is 12.6 Å². The number of nitrogens with zero attached hydrogens (tertiary/aromatic N) is 2. The Hall–Kier alpha value is -3.27. The molecule has 10 heteroatoms. The summed E-state index contributed by atoms with van der Waals surface area (Å²) >= 11 is 0. The summed E-state index contributed by atoms with van der Waals surface area (Å²) in [6.45, 7) is 0.0363. The van der Waals surface area contributed by atoms with Crippen molar-refractivity contribution in [2.24, 2.45) is 0 Å². The summed E-state index contributed by atoms with van der Waals surface area (Å²) < 4.78 is 70.8. The Balaban J connectivity index is 1.82. The second-order valence-electron chi connectivity index (χ2n) is 7.19. The lowest BCUT2D eigenvalue weighted by atomic mass is 10.1. The van der Waals surface area contributed by atoms with Crippen molar-refractivity contribution in [2.45, 2.75) is 24.5 Å². The van der Waals surface area contributed by atoms with E-state index in [1.807, 2.05) is 6.92 Å². The summed E-state index contributed by atoms with van der Waals surface area (Å²) in [5.41, 5.74) is 1.16. The number of carbonyl (C=O) groups excluding carboxylic acids is 1. The smallest absolute Gasteiger partial charge is 0.406 e. The molecule has 1 aromatic heterocycles. The van der Waals surface area contributed by atoms with Crippen LogP contribution in [-0.4, -0.2) is 39.0 Å². The van der Waals surface area contributed by atoms with Crippen LogP contribution in [0.15, 0.2) is 76.2 Å². The predicted molar refractivity (Wildman–Crippen MR) is 113 cm³/mol. The molecule has 0 aliphatic carbocycles. The van der Waals surface area contributed by atoms with Crippen molar-refractivity contribution in [2.75, 3.05) is 17.9 Å². The Morgan fingerprint density at radius 3 is 2.16 bits per heavy atom. The Morgan fingerprint density at radius 1 is 1.00 bits per heavy atom. The fourth-order valence-corrected chi connectivity index (χ4v) is 4.21.